The van der Waals surface area contributed by atoms with E-state index in [1.54, 1.807) is 19.2 Å². The zero-order valence-corrected chi connectivity index (χ0v) is 11.1. The van der Waals surface area contributed by atoms with Crippen molar-refractivity contribution in [1.29, 1.82) is 0 Å². The van der Waals surface area contributed by atoms with Gasteiger partial charge in [-0.2, -0.15) is 0 Å². The van der Waals surface area contributed by atoms with Crippen molar-refractivity contribution in [2.45, 2.75) is 6.42 Å². The van der Waals surface area contributed by atoms with Crippen molar-refractivity contribution in [2.75, 3.05) is 26.7 Å². The first-order valence-corrected chi connectivity index (χ1v) is 5.52. The van der Waals surface area contributed by atoms with E-state index in [-0.39, 0.29) is 24.1 Å². The molecule has 2 N–H and O–H groups in total. The molecule has 6 heteroatoms. The van der Waals surface area contributed by atoms with Crippen LogP contribution in [0.3, 0.4) is 0 Å². The predicted octanol–water partition coefficient (Wildman–Crippen LogP) is 1.35. The summed E-state index contributed by atoms with van der Waals surface area (Å²) >= 11 is 0. The van der Waals surface area contributed by atoms with Crippen molar-refractivity contribution in [3.63, 3.8) is 0 Å². The summed E-state index contributed by atoms with van der Waals surface area (Å²) in [6.07, 6.45) is 0.441. The van der Waals surface area contributed by atoms with Crippen molar-refractivity contribution in [1.82, 2.24) is 10.6 Å². The smallest absolute Gasteiger partial charge is 0.221 e. The molecule has 1 aromatic carbocycles. The van der Waals surface area contributed by atoms with Gasteiger partial charge in [-0.1, -0.05) is 6.07 Å². The Morgan fingerprint density at radius 1 is 1.39 bits per heavy atom. The van der Waals surface area contributed by atoms with Crippen LogP contribution < -0.4 is 15.4 Å². The fourth-order valence-corrected chi connectivity index (χ4v) is 1.24. The minimum absolute atomic E-state index is 0. The third-order valence-electron chi connectivity index (χ3n) is 2.09. The van der Waals surface area contributed by atoms with Gasteiger partial charge in [0.1, 0.15) is 18.2 Å². The van der Waals surface area contributed by atoms with Crippen LogP contribution in [0, 0.1) is 5.82 Å². The molecule has 0 fully saturated rings. The number of hydrogen-bond donors (Lipinski definition) is 2. The van der Waals surface area contributed by atoms with Crippen LogP contribution in [0.4, 0.5) is 4.39 Å². The Kier molecular flexibility index (Phi) is 8.96. The minimum atomic E-state index is -0.333. The normalized spacial score (nSPS) is 9.44. The van der Waals surface area contributed by atoms with Crippen LogP contribution >= 0.6 is 12.4 Å². The molecule has 0 saturated carbocycles. The summed E-state index contributed by atoms with van der Waals surface area (Å²) < 4.78 is 18.1. The van der Waals surface area contributed by atoms with Crippen molar-refractivity contribution in [3.8, 4) is 5.75 Å². The molecular weight excluding hydrogens is 259 g/mol. The summed E-state index contributed by atoms with van der Waals surface area (Å²) in [5.41, 5.74) is 0. The van der Waals surface area contributed by atoms with Gasteiger partial charge in [0.15, 0.2) is 0 Å². The van der Waals surface area contributed by atoms with E-state index < -0.39 is 0 Å². The number of carbonyl (C=O) groups excluding carboxylic acids is 1. The molecule has 0 aliphatic carbocycles. The molecule has 0 aromatic heterocycles. The number of amides is 1. The molecule has 18 heavy (non-hydrogen) atoms. The second-order valence-electron chi connectivity index (χ2n) is 3.51. The average Bonchev–Trinajstić information content (AvgIpc) is 2.32. The average molecular weight is 277 g/mol. The highest BCUT2D eigenvalue weighted by atomic mass is 35.5. The number of halogens is 2. The van der Waals surface area contributed by atoms with Gasteiger partial charge in [-0.05, 0) is 19.2 Å². The third-order valence-corrected chi connectivity index (χ3v) is 2.09. The Balaban J connectivity index is 0.00000289. The largest absolute Gasteiger partial charge is 0.492 e. The highest BCUT2D eigenvalue weighted by Gasteiger charge is 1.99. The van der Waals surface area contributed by atoms with Crippen molar-refractivity contribution >= 4 is 18.3 Å². The molecule has 0 aliphatic heterocycles. The molecule has 0 unspecified atom stereocenters. The van der Waals surface area contributed by atoms with Crippen molar-refractivity contribution in [3.05, 3.63) is 30.1 Å². The molecular formula is C12H18ClFN2O2. The molecule has 1 aromatic rings. The first-order valence-electron chi connectivity index (χ1n) is 5.52. The van der Waals surface area contributed by atoms with E-state index in [4.69, 9.17) is 4.74 Å². The van der Waals surface area contributed by atoms with Gasteiger partial charge in [0.25, 0.3) is 0 Å². The Hall–Kier alpha value is -1.33. The first-order chi connectivity index (χ1) is 8.22. The molecule has 0 aliphatic rings. The molecule has 0 saturated heterocycles. The van der Waals surface area contributed by atoms with Crippen LogP contribution in [0.1, 0.15) is 6.42 Å². The lowest BCUT2D eigenvalue weighted by Gasteiger charge is -2.07. The number of benzene rings is 1. The number of carbonyl (C=O) groups is 1. The zero-order chi connectivity index (χ0) is 12.5. The van der Waals surface area contributed by atoms with E-state index in [9.17, 15) is 9.18 Å². The molecule has 0 radical (unpaired) electrons. The number of hydrogen-bond acceptors (Lipinski definition) is 3. The summed E-state index contributed by atoms with van der Waals surface area (Å²) in [6, 6.07) is 5.91. The van der Waals surface area contributed by atoms with Gasteiger partial charge in [0, 0.05) is 19.0 Å². The van der Waals surface area contributed by atoms with E-state index in [0.717, 1.165) is 0 Å². The Morgan fingerprint density at radius 2 is 2.17 bits per heavy atom. The fourth-order valence-electron chi connectivity index (χ4n) is 1.24. The molecule has 102 valence electrons. The van der Waals surface area contributed by atoms with Gasteiger partial charge in [0.2, 0.25) is 5.91 Å². The molecule has 0 spiro atoms. The maximum atomic E-state index is 12.8. The molecule has 0 heterocycles. The Bertz CT molecular complexity index is 364. The molecule has 0 atom stereocenters. The molecule has 1 amide bonds. The fraction of sp³-hybridized carbons (Fsp3) is 0.417. The van der Waals surface area contributed by atoms with Crippen LogP contribution in [0.15, 0.2) is 24.3 Å². The van der Waals surface area contributed by atoms with Crippen LogP contribution in [0.25, 0.3) is 0 Å². The third kappa shape index (κ3) is 7.09. The van der Waals surface area contributed by atoms with Gasteiger partial charge in [-0.3, -0.25) is 4.79 Å². The summed E-state index contributed by atoms with van der Waals surface area (Å²) in [4.78, 5) is 11.2. The topological polar surface area (TPSA) is 50.4 Å². The lowest BCUT2D eigenvalue weighted by Crippen LogP contribution is -2.30. The molecule has 4 nitrogen and oxygen atoms in total. The highest BCUT2D eigenvalue weighted by molar-refractivity contribution is 5.85. The van der Waals surface area contributed by atoms with Crippen LogP contribution in [-0.4, -0.2) is 32.7 Å². The molecule has 0 bridgehead atoms. The second-order valence-corrected chi connectivity index (χ2v) is 3.51. The van der Waals surface area contributed by atoms with Crippen molar-refractivity contribution < 1.29 is 13.9 Å². The van der Waals surface area contributed by atoms with E-state index in [0.29, 0.717) is 31.9 Å². The number of ether oxygens (including phenoxy) is 1. The number of nitrogens with one attached hydrogen (secondary N) is 2. The Morgan fingerprint density at radius 3 is 2.83 bits per heavy atom. The second kappa shape index (κ2) is 9.67. The van der Waals surface area contributed by atoms with Gasteiger partial charge in [0.05, 0.1) is 6.54 Å². The highest BCUT2D eigenvalue weighted by Crippen LogP contribution is 2.11. The van der Waals surface area contributed by atoms with E-state index in [1.807, 2.05) is 0 Å². The van der Waals surface area contributed by atoms with E-state index in [2.05, 4.69) is 10.6 Å². The molecule has 1 rings (SSSR count). The summed E-state index contributed by atoms with van der Waals surface area (Å²) in [5, 5.41) is 5.59. The predicted molar refractivity (Wildman–Crippen MR) is 70.7 cm³/mol. The van der Waals surface area contributed by atoms with Crippen LogP contribution in [-0.2, 0) is 4.79 Å². The first kappa shape index (κ1) is 16.7. The van der Waals surface area contributed by atoms with Gasteiger partial charge in [-0.15, -0.1) is 12.4 Å². The van der Waals surface area contributed by atoms with Gasteiger partial charge >= 0.3 is 0 Å². The Labute approximate surface area is 112 Å². The van der Waals surface area contributed by atoms with Crippen molar-refractivity contribution in [2.24, 2.45) is 0 Å². The summed E-state index contributed by atoms with van der Waals surface area (Å²) in [5.74, 6) is 0.109. The number of rotatable bonds is 7. The standard InChI is InChI=1S/C12H17FN2O2.ClH/c1-14-6-5-12(16)15-7-8-17-11-4-2-3-10(13)9-11;/h2-4,9,14H,5-8H2,1H3,(H,15,16);1H. The summed E-state index contributed by atoms with van der Waals surface area (Å²) in [7, 11) is 1.79. The SMILES string of the molecule is CNCCC(=O)NCCOc1cccc(F)c1.Cl. The van der Waals surface area contributed by atoms with Gasteiger partial charge < -0.3 is 15.4 Å². The zero-order valence-electron chi connectivity index (χ0n) is 10.2. The monoisotopic (exact) mass is 276 g/mol. The van der Waals surface area contributed by atoms with E-state index in [1.165, 1.54) is 12.1 Å². The lowest BCUT2D eigenvalue weighted by molar-refractivity contribution is -0.121. The maximum absolute atomic E-state index is 12.8. The minimum Gasteiger partial charge on any atom is -0.492 e. The summed E-state index contributed by atoms with van der Waals surface area (Å²) in [6.45, 7) is 1.39. The van der Waals surface area contributed by atoms with E-state index >= 15 is 0 Å². The van der Waals surface area contributed by atoms with Crippen LogP contribution in [0.5, 0.6) is 5.75 Å². The lowest BCUT2D eigenvalue weighted by atomic mass is 10.3. The van der Waals surface area contributed by atoms with Crippen LogP contribution in [0.2, 0.25) is 0 Å². The quantitative estimate of drug-likeness (QED) is 0.739. The maximum Gasteiger partial charge on any atom is 0.221 e. The van der Waals surface area contributed by atoms with Gasteiger partial charge in [-0.25, -0.2) is 4.39 Å².